The Morgan fingerprint density at radius 3 is 2.00 bits per heavy atom. The van der Waals surface area contributed by atoms with Crippen LogP contribution in [0.4, 0.5) is 0 Å². The molecular weight excluding hydrogens is 410 g/mol. The van der Waals surface area contributed by atoms with Gasteiger partial charge in [-0.2, -0.15) is 0 Å². The number of rotatable bonds is 8. The van der Waals surface area contributed by atoms with Crippen LogP contribution in [0.5, 0.6) is 0 Å². The number of hydrogen-bond donors (Lipinski definition) is 1. The van der Waals surface area contributed by atoms with Gasteiger partial charge in [-0.15, -0.1) is 0 Å². The SMILES string of the molecule is CCOC(=O)C1=C(C)NC(COC)=C(C(=O)OCC)C1c1ccc(S(C)(=O)=O)cc1. The molecule has 30 heavy (non-hydrogen) atoms. The third-order valence-electron chi connectivity index (χ3n) is 4.57. The summed E-state index contributed by atoms with van der Waals surface area (Å²) in [6.45, 7) is 5.51. The van der Waals surface area contributed by atoms with Crippen LogP contribution in [0.2, 0.25) is 0 Å². The second-order valence-electron chi connectivity index (χ2n) is 6.70. The second kappa shape index (κ2) is 9.90. The summed E-state index contributed by atoms with van der Waals surface area (Å²) in [6, 6.07) is 6.07. The molecule has 1 aliphatic heterocycles. The summed E-state index contributed by atoms with van der Waals surface area (Å²) in [7, 11) is -1.90. The van der Waals surface area contributed by atoms with E-state index in [1.54, 1.807) is 32.9 Å². The third kappa shape index (κ3) is 5.09. The summed E-state index contributed by atoms with van der Waals surface area (Å²) < 4.78 is 39.4. The molecule has 9 heteroatoms. The number of carbonyl (C=O) groups is 2. The molecule has 1 unspecified atom stereocenters. The van der Waals surface area contributed by atoms with Crippen LogP contribution >= 0.6 is 0 Å². The van der Waals surface area contributed by atoms with Gasteiger partial charge in [0.15, 0.2) is 9.84 Å². The maximum atomic E-state index is 12.9. The molecule has 0 bridgehead atoms. The van der Waals surface area contributed by atoms with Gasteiger partial charge in [-0.05, 0) is 38.5 Å². The van der Waals surface area contributed by atoms with Crippen molar-refractivity contribution < 1.29 is 32.2 Å². The lowest BCUT2D eigenvalue weighted by Crippen LogP contribution is -2.34. The number of dihydropyridines is 1. The quantitative estimate of drug-likeness (QED) is 0.616. The van der Waals surface area contributed by atoms with E-state index in [2.05, 4.69) is 5.32 Å². The fraction of sp³-hybridized carbons (Fsp3) is 0.429. The summed E-state index contributed by atoms with van der Waals surface area (Å²) in [5, 5.41) is 3.07. The molecule has 0 radical (unpaired) electrons. The van der Waals surface area contributed by atoms with Crippen molar-refractivity contribution in [3.63, 3.8) is 0 Å². The van der Waals surface area contributed by atoms with E-state index >= 15 is 0 Å². The van der Waals surface area contributed by atoms with Gasteiger partial charge in [-0.25, -0.2) is 18.0 Å². The molecule has 2 rings (SSSR count). The van der Waals surface area contributed by atoms with Gasteiger partial charge in [0.1, 0.15) is 0 Å². The van der Waals surface area contributed by atoms with Crippen LogP contribution in [0.15, 0.2) is 51.7 Å². The van der Waals surface area contributed by atoms with Crippen molar-refractivity contribution in [2.24, 2.45) is 0 Å². The fourth-order valence-corrected chi connectivity index (χ4v) is 3.96. The molecule has 1 aliphatic rings. The van der Waals surface area contributed by atoms with E-state index < -0.39 is 27.7 Å². The Morgan fingerprint density at radius 1 is 1.00 bits per heavy atom. The van der Waals surface area contributed by atoms with E-state index in [0.717, 1.165) is 6.26 Å². The first kappa shape index (κ1) is 23.6. The number of sulfone groups is 1. The zero-order valence-electron chi connectivity index (χ0n) is 17.8. The monoisotopic (exact) mass is 437 g/mol. The van der Waals surface area contributed by atoms with Crippen molar-refractivity contribution in [1.29, 1.82) is 0 Å². The van der Waals surface area contributed by atoms with Crippen molar-refractivity contribution in [3.05, 3.63) is 52.4 Å². The molecular formula is C21H27NO7S. The number of esters is 2. The van der Waals surface area contributed by atoms with Gasteiger partial charge >= 0.3 is 11.9 Å². The van der Waals surface area contributed by atoms with Gasteiger partial charge < -0.3 is 19.5 Å². The number of nitrogens with one attached hydrogen (secondary N) is 1. The second-order valence-corrected chi connectivity index (χ2v) is 8.72. The first-order valence-corrected chi connectivity index (χ1v) is 11.4. The summed E-state index contributed by atoms with van der Waals surface area (Å²) in [5.74, 6) is -1.97. The molecule has 1 aromatic carbocycles. The Kier molecular flexibility index (Phi) is 7.80. The van der Waals surface area contributed by atoms with Crippen LogP contribution < -0.4 is 5.32 Å². The highest BCUT2D eigenvalue weighted by Gasteiger charge is 2.39. The predicted octanol–water partition coefficient (Wildman–Crippen LogP) is 2.08. The Hall–Kier alpha value is -2.65. The first-order chi connectivity index (χ1) is 14.1. The van der Waals surface area contributed by atoms with Gasteiger partial charge in [-0.1, -0.05) is 12.1 Å². The minimum absolute atomic E-state index is 0.0967. The van der Waals surface area contributed by atoms with Gasteiger partial charge in [0, 0.05) is 19.1 Å². The van der Waals surface area contributed by atoms with E-state index in [9.17, 15) is 18.0 Å². The number of hydrogen-bond acceptors (Lipinski definition) is 8. The van der Waals surface area contributed by atoms with E-state index in [4.69, 9.17) is 14.2 Å². The molecule has 0 saturated carbocycles. The molecule has 1 atom stereocenters. The van der Waals surface area contributed by atoms with Crippen LogP contribution in [0.25, 0.3) is 0 Å². The summed E-state index contributed by atoms with van der Waals surface area (Å²) in [5.41, 5.74) is 2.03. The molecule has 1 heterocycles. The molecule has 0 saturated heterocycles. The smallest absolute Gasteiger partial charge is 0.336 e. The van der Waals surface area contributed by atoms with Crippen LogP contribution in [0.3, 0.4) is 0 Å². The van der Waals surface area contributed by atoms with Crippen LogP contribution in [-0.4, -0.2) is 53.5 Å². The Labute approximate surface area is 176 Å². The molecule has 0 aliphatic carbocycles. The minimum atomic E-state index is -3.40. The van der Waals surface area contributed by atoms with Crippen molar-refractivity contribution in [3.8, 4) is 0 Å². The zero-order chi connectivity index (χ0) is 22.5. The number of carbonyl (C=O) groups excluding carboxylic acids is 2. The first-order valence-electron chi connectivity index (χ1n) is 9.49. The van der Waals surface area contributed by atoms with Crippen molar-refractivity contribution in [1.82, 2.24) is 5.32 Å². The molecule has 1 N–H and O–H groups in total. The van der Waals surface area contributed by atoms with Gasteiger partial charge in [-0.3, -0.25) is 0 Å². The van der Waals surface area contributed by atoms with Gasteiger partial charge in [0.25, 0.3) is 0 Å². The van der Waals surface area contributed by atoms with E-state index in [1.807, 2.05) is 0 Å². The molecule has 0 fully saturated rings. The minimum Gasteiger partial charge on any atom is -0.463 e. The predicted molar refractivity (Wildman–Crippen MR) is 110 cm³/mol. The highest BCUT2D eigenvalue weighted by molar-refractivity contribution is 7.90. The molecule has 164 valence electrons. The van der Waals surface area contributed by atoms with E-state index in [1.165, 1.54) is 19.2 Å². The standard InChI is InChI=1S/C21H27NO7S/c1-6-28-20(23)17-13(3)22-16(12-27-4)19(21(24)29-7-2)18(17)14-8-10-15(11-9-14)30(5,25)26/h8-11,18,22H,6-7,12H2,1-5H3. The van der Waals surface area contributed by atoms with Crippen molar-refractivity contribution in [2.45, 2.75) is 31.6 Å². The number of ether oxygens (including phenoxy) is 3. The van der Waals surface area contributed by atoms with Crippen molar-refractivity contribution >= 4 is 21.8 Å². The largest absolute Gasteiger partial charge is 0.463 e. The lowest BCUT2D eigenvalue weighted by molar-refractivity contribution is -0.139. The van der Waals surface area contributed by atoms with Crippen LogP contribution in [0, 0.1) is 0 Å². The maximum absolute atomic E-state index is 12.9. The summed E-state index contributed by atoms with van der Waals surface area (Å²) in [4.78, 5) is 25.8. The van der Waals surface area contributed by atoms with Crippen LogP contribution in [-0.2, 0) is 33.6 Å². The van der Waals surface area contributed by atoms with Gasteiger partial charge in [0.05, 0.1) is 47.5 Å². The molecule has 0 spiro atoms. The number of benzene rings is 1. The topological polar surface area (TPSA) is 108 Å². The normalized spacial score (nSPS) is 16.9. The van der Waals surface area contributed by atoms with E-state index in [-0.39, 0.29) is 35.9 Å². The lowest BCUT2D eigenvalue weighted by atomic mass is 9.80. The molecule has 8 nitrogen and oxygen atoms in total. The van der Waals surface area contributed by atoms with E-state index in [0.29, 0.717) is 17.0 Å². The Bertz CT molecular complexity index is 975. The van der Waals surface area contributed by atoms with Crippen LogP contribution in [0.1, 0.15) is 32.3 Å². The highest BCUT2D eigenvalue weighted by Crippen LogP contribution is 2.39. The average Bonchev–Trinajstić information content (AvgIpc) is 2.67. The summed E-state index contributed by atoms with van der Waals surface area (Å²) in [6.07, 6.45) is 1.11. The molecule has 0 aromatic heterocycles. The molecule has 0 amide bonds. The lowest BCUT2D eigenvalue weighted by Gasteiger charge is -2.31. The summed E-state index contributed by atoms with van der Waals surface area (Å²) >= 11 is 0. The van der Waals surface area contributed by atoms with Crippen molar-refractivity contribution in [2.75, 3.05) is 33.2 Å². The Morgan fingerprint density at radius 2 is 1.53 bits per heavy atom. The third-order valence-corrected chi connectivity index (χ3v) is 5.69. The average molecular weight is 438 g/mol. The number of methoxy groups -OCH3 is 1. The number of allylic oxidation sites excluding steroid dienone is 1. The Balaban J connectivity index is 2.72. The molecule has 1 aromatic rings. The fourth-order valence-electron chi connectivity index (χ4n) is 3.32. The highest BCUT2D eigenvalue weighted by atomic mass is 32.2. The van der Waals surface area contributed by atoms with Gasteiger partial charge in [0.2, 0.25) is 0 Å². The maximum Gasteiger partial charge on any atom is 0.336 e. The zero-order valence-corrected chi connectivity index (χ0v) is 18.6.